The Balaban J connectivity index is 3.89. The van der Waals surface area contributed by atoms with Crippen molar-refractivity contribution in [3.63, 3.8) is 0 Å². The fourth-order valence-corrected chi connectivity index (χ4v) is 1.12. The largest absolute Gasteiger partial charge is 0.481 e. The molecule has 90 valence electrons. The molecule has 0 fully saturated rings. The first-order chi connectivity index (χ1) is 7.49. The van der Waals surface area contributed by atoms with E-state index >= 15 is 0 Å². The van der Waals surface area contributed by atoms with Gasteiger partial charge >= 0.3 is 12.0 Å². The molecule has 0 bridgehead atoms. The van der Waals surface area contributed by atoms with E-state index in [1.165, 1.54) is 0 Å². The standard InChI is InChI=1S/C11H18N2O3/c1-4-5-6-12-11(16)13-7-9(8(2)3)10(14)15/h1,8-9H,5-7H2,2-3H3,(H,14,15)(H2,12,13,16). The van der Waals surface area contributed by atoms with Crippen LogP contribution in [0.2, 0.25) is 0 Å². The minimum Gasteiger partial charge on any atom is -0.481 e. The molecule has 2 amide bonds. The lowest BCUT2D eigenvalue weighted by Gasteiger charge is -2.16. The first-order valence-electron chi connectivity index (χ1n) is 5.17. The van der Waals surface area contributed by atoms with Crippen LogP contribution in [0.25, 0.3) is 0 Å². The number of aliphatic carboxylic acids is 1. The minimum absolute atomic E-state index is 0.0245. The van der Waals surface area contributed by atoms with Crippen molar-refractivity contribution in [3.05, 3.63) is 0 Å². The number of urea groups is 1. The van der Waals surface area contributed by atoms with Gasteiger partial charge in [0.05, 0.1) is 5.92 Å². The van der Waals surface area contributed by atoms with E-state index in [4.69, 9.17) is 11.5 Å². The lowest BCUT2D eigenvalue weighted by atomic mass is 9.96. The van der Waals surface area contributed by atoms with Gasteiger partial charge in [0.25, 0.3) is 0 Å². The third-order valence-electron chi connectivity index (χ3n) is 2.16. The smallest absolute Gasteiger partial charge is 0.314 e. The Hall–Kier alpha value is -1.70. The molecule has 1 unspecified atom stereocenters. The fraction of sp³-hybridized carbons (Fsp3) is 0.636. The van der Waals surface area contributed by atoms with Crippen LogP contribution in [0.1, 0.15) is 20.3 Å². The highest BCUT2D eigenvalue weighted by atomic mass is 16.4. The van der Waals surface area contributed by atoms with Crippen molar-refractivity contribution in [3.8, 4) is 12.3 Å². The molecule has 0 aliphatic carbocycles. The van der Waals surface area contributed by atoms with E-state index in [2.05, 4.69) is 16.6 Å². The summed E-state index contributed by atoms with van der Waals surface area (Å²) in [6.45, 7) is 4.12. The number of carbonyl (C=O) groups excluding carboxylic acids is 1. The van der Waals surface area contributed by atoms with E-state index in [1.807, 2.05) is 0 Å². The normalized spacial score (nSPS) is 11.6. The van der Waals surface area contributed by atoms with Crippen molar-refractivity contribution >= 4 is 12.0 Å². The number of rotatable bonds is 6. The predicted molar refractivity (Wildman–Crippen MR) is 60.8 cm³/mol. The quantitative estimate of drug-likeness (QED) is 0.460. The third kappa shape index (κ3) is 5.91. The molecule has 0 saturated carbocycles. The Kier molecular flexibility index (Phi) is 6.77. The summed E-state index contributed by atoms with van der Waals surface area (Å²) in [5.41, 5.74) is 0. The summed E-state index contributed by atoms with van der Waals surface area (Å²) in [7, 11) is 0. The molecular weight excluding hydrogens is 208 g/mol. The van der Waals surface area contributed by atoms with Crippen LogP contribution in [0.4, 0.5) is 4.79 Å². The summed E-state index contributed by atoms with van der Waals surface area (Å²) in [6, 6.07) is -0.387. The number of terminal acetylenes is 1. The highest BCUT2D eigenvalue weighted by Crippen LogP contribution is 2.09. The van der Waals surface area contributed by atoms with Crippen molar-refractivity contribution in [1.82, 2.24) is 10.6 Å². The van der Waals surface area contributed by atoms with Gasteiger partial charge in [-0.3, -0.25) is 4.79 Å². The second-order valence-corrected chi connectivity index (χ2v) is 3.78. The van der Waals surface area contributed by atoms with E-state index in [-0.39, 0.29) is 18.5 Å². The van der Waals surface area contributed by atoms with E-state index in [0.717, 1.165) is 0 Å². The van der Waals surface area contributed by atoms with Gasteiger partial charge in [-0.05, 0) is 5.92 Å². The van der Waals surface area contributed by atoms with Gasteiger partial charge in [0.1, 0.15) is 0 Å². The number of nitrogens with one attached hydrogen (secondary N) is 2. The number of hydrogen-bond acceptors (Lipinski definition) is 2. The van der Waals surface area contributed by atoms with Gasteiger partial charge in [-0.25, -0.2) is 4.79 Å². The van der Waals surface area contributed by atoms with Gasteiger partial charge in [0, 0.05) is 19.5 Å². The van der Waals surface area contributed by atoms with E-state index in [9.17, 15) is 9.59 Å². The van der Waals surface area contributed by atoms with Crippen molar-refractivity contribution in [2.75, 3.05) is 13.1 Å². The first-order valence-corrected chi connectivity index (χ1v) is 5.17. The summed E-state index contributed by atoms with van der Waals surface area (Å²) < 4.78 is 0. The van der Waals surface area contributed by atoms with Crippen molar-refractivity contribution in [1.29, 1.82) is 0 Å². The van der Waals surface area contributed by atoms with Gasteiger partial charge in [-0.1, -0.05) is 13.8 Å². The molecule has 0 aromatic carbocycles. The van der Waals surface area contributed by atoms with Crippen LogP contribution in [-0.2, 0) is 4.79 Å². The Morgan fingerprint density at radius 1 is 1.38 bits per heavy atom. The SMILES string of the molecule is C#CCCNC(=O)NCC(C(=O)O)C(C)C. The third-order valence-corrected chi connectivity index (χ3v) is 2.16. The monoisotopic (exact) mass is 226 g/mol. The molecule has 5 heteroatoms. The fourth-order valence-electron chi connectivity index (χ4n) is 1.12. The van der Waals surface area contributed by atoms with Crippen LogP contribution in [-0.4, -0.2) is 30.2 Å². The summed E-state index contributed by atoms with van der Waals surface area (Å²) in [5.74, 6) is 0.889. The molecule has 5 nitrogen and oxygen atoms in total. The molecule has 3 N–H and O–H groups in total. The zero-order valence-electron chi connectivity index (χ0n) is 9.62. The maximum Gasteiger partial charge on any atom is 0.314 e. The molecule has 16 heavy (non-hydrogen) atoms. The molecule has 0 saturated heterocycles. The minimum atomic E-state index is -0.904. The molecule has 0 spiro atoms. The zero-order valence-corrected chi connectivity index (χ0v) is 9.62. The maximum atomic E-state index is 11.2. The van der Waals surface area contributed by atoms with Crippen molar-refractivity contribution in [2.45, 2.75) is 20.3 Å². The highest BCUT2D eigenvalue weighted by molar-refractivity contribution is 5.75. The van der Waals surface area contributed by atoms with E-state index in [1.54, 1.807) is 13.8 Å². The summed E-state index contributed by atoms with van der Waals surface area (Å²) >= 11 is 0. The molecule has 0 aliphatic heterocycles. The number of amides is 2. The first kappa shape index (κ1) is 14.3. The molecule has 0 heterocycles. The van der Waals surface area contributed by atoms with Crippen LogP contribution < -0.4 is 10.6 Å². The lowest BCUT2D eigenvalue weighted by Crippen LogP contribution is -2.41. The van der Waals surface area contributed by atoms with E-state index in [0.29, 0.717) is 13.0 Å². The Morgan fingerprint density at radius 3 is 2.44 bits per heavy atom. The number of hydrogen-bond donors (Lipinski definition) is 3. The second-order valence-electron chi connectivity index (χ2n) is 3.78. The van der Waals surface area contributed by atoms with Gasteiger partial charge in [0.15, 0.2) is 0 Å². The number of carbonyl (C=O) groups is 2. The van der Waals surface area contributed by atoms with Crippen LogP contribution in [0.3, 0.4) is 0 Å². The maximum absolute atomic E-state index is 11.2. The highest BCUT2D eigenvalue weighted by Gasteiger charge is 2.21. The second kappa shape index (κ2) is 7.57. The van der Waals surface area contributed by atoms with Crippen LogP contribution in [0, 0.1) is 24.2 Å². The molecule has 0 aromatic heterocycles. The number of carboxylic acid groups (broad SMARTS) is 1. The lowest BCUT2D eigenvalue weighted by molar-refractivity contribution is -0.142. The summed E-state index contributed by atoms with van der Waals surface area (Å²) in [4.78, 5) is 22.0. The zero-order chi connectivity index (χ0) is 12.6. The molecular formula is C11H18N2O3. The Morgan fingerprint density at radius 2 is 2.00 bits per heavy atom. The van der Waals surface area contributed by atoms with E-state index < -0.39 is 11.9 Å². The Bertz CT molecular complexity index is 281. The van der Waals surface area contributed by atoms with Crippen LogP contribution in [0.5, 0.6) is 0 Å². The van der Waals surface area contributed by atoms with Gasteiger partial charge in [-0.15, -0.1) is 12.3 Å². The molecule has 1 atom stereocenters. The molecule has 0 radical (unpaired) electrons. The molecule has 0 aliphatic rings. The van der Waals surface area contributed by atoms with Crippen molar-refractivity contribution in [2.24, 2.45) is 11.8 Å². The van der Waals surface area contributed by atoms with Gasteiger partial charge < -0.3 is 15.7 Å². The average molecular weight is 226 g/mol. The topological polar surface area (TPSA) is 78.4 Å². The Labute approximate surface area is 95.6 Å². The molecule has 0 rings (SSSR count). The van der Waals surface area contributed by atoms with Gasteiger partial charge in [-0.2, -0.15) is 0 Å². The molecule has 0 aromatic rings. The van der Waals surface area contributed by atoms with Crippen molar-refractivity contribution < 1.29 is 14.7 Å². The predicted octanol–water partition coefficient (Wildman–Crippen LogP) is 0.666. The van der Waals surface area contributed by atoms with Gasteiger partial charge in [0.2, 0.25) is 0 Å². The number of carboxylic acids is 1. The summed E-state index contributed by atoms with van der Waals surface area (Å²) in [5, 5.41) is 13.9. The summed E-state index contributed by atoms with van der Waals surface area (Å²) in [6.07, 6.45) is 5.48. The van der Waals surface area contributed by atoms with Crippen LogP contribution >= 0.6 is 0 Å². The average Bonchev–Trinajstić information content (AvgIpc) is 2.17. The van der Waals surface area contributed by atoms with Crippen LogP contribution in [0.15, 0.2) is 0 Å².